The summed E-state index contributed by atoms with van der Waals surface area (Å²) in [5.41, 5.74) is 2.62. The van der Waals surface area contributed by atoms with E-state index in [0.29, 0.717) is 89.4 Å². The summed E-state index contributed by atoms with van der Waals surface area (Å²) < 4.78 is 56.4. The smallest absolute Gasteiger partial charge is 0.320 e. The van der Waals surface area contributed by atoms with Crippen LogP contribution < -0.4 is 29.6 Å². The molecule has 366 valence electrons. The van der Waals surface area contributed by atoms with E-state index in [1.165, 1.54) is 36.9 Å². The maximum Gasteiger partial charge on any atom is 0.320 e. The highest BCUT2D eigenvalue weighted by atomic mass is 35.5. The number of rotatable bonds is 12. The lowest BCUT2D eigenvalue weighted by Gasteiger charge is -2.38. The second kappa shape index (κ2) is 22.6. The van der Waals surface area contributed by atoms with Crippen LogP contribution in [0.5, 0.6) is 23.0 Å². The molecule has 15 nitrogen and oxygen atoms in total. The molecule has 3 fully saturated rings. The van der Waals surface area contributed by atoms with Crippen molar-refractivity contribution in [2.45, 2.75) is 75.7 Å². The number of aromatic nitrogens is 4. The molecule has 9 rings (SSSR count). The summed E-state index contributed by atoms with van der Waals surface area (Å²) in [5, 5.41) is 7.96. The second-order valence-corrected chi connectivity index (χ2v) is 18.4. The third-order valence-electron chi connectivity index (χ3n) is 12.9. The van der Waals surface area contributed by atoms with Crippen molar-refractivity contribution in [2.24, 2.45) is 0 Å². The lowest BCUT2D eigenvalue weighted by molar-refractivity contribution is 0.0369. The molecule has 0 radical (unpaired) electrons. The summed E-state index contributed by atoms with van der Waals surface area (Å²) in [6.07, 6.45) is 10.6. The molecular weight excluding hydrogens is 932 g/mol. The highest BCUT2D eigenvalue weighted by Gasteiger charge is 2.31. The van der Waals surface area contributed by atoms with E-state index in [0.717, 1.165) is 62.1 Å². The molecule has 2 N–H and O–H groups in total. The third kappa shape index (κ3) is 12.1. The van der Waals surface area contributed by atoms with Crippen molar-refractivity contribution in [1.82, 2.24) is 34.6 Å². The maximum absolute atomic E-state index is 13.6. The molecule has 2 saturated carbocycles. The van der Waals surface area contributed by atoms with Crippen LogP contribution in [0.4, 0.5) is 36.6 Å². The number of carbonyl (C=O) groups is 1. The first kappa shape index (κ1) is 49.4. The standard InChI is InChI=1S/C27H31ClFN5O4.C23H26ClFN4O2/c1-33(27(35)34-9-11-37-12-10-34)18-4-6-19(7-5-18)38-25-14-20-23(15-24(25)36-2)30-16-31-26(20)32-17-3-8-22(29)21(28)13-17;1-29(2)15-5-7-16(8-6-15)31-22-11-17-20(12-21(22)30-3)26-13-27-23(17)28-14-4-9-19(25)18(24)10-14/h3,8,13-16,18-19H,4-7,9-12H2,1-2H3,(H,30,31,32);4,9-13,15-16H,5-8H2,1-3H3,(H,26,27,28). The average molecular weight is 989 g/mol. The molecule has 0 spiro atoms. The Bertz CT molecular complexity index is 2740. The van der Waals surface area contributed by atoms with Crippen LogP contribution in [0.25, 0.3) is 21.8 Å². The van der Waals surface area contributed by atoms with Crippen molar-refractivity contribution in [3.8, 4) is 23.0 Å². The van der Waals surface area contributed by atoms with Gasteiger partial charge < -0.3 is 49.0 Å². The van der Waals surface area contributed by atoms with Gasteiger partial charge in [0.05, 0.1) is 60.7 Å². The van der Waals surface area contributed by atoms with Gasteiger partial charge in [-0.05, 0) is 114 Å². The number of halogens is 4. The molecule has 19 heteroatoms. The number of benzene rings is 4. The summed E-state index contributed by atoms with van der Waals surface area (Å²) in [6.45, 7) is 2.46. The number of hydrogen-bond acceptors (Lipinski definition) is 13. The zero-order valence-corrected chi connectivity index (χ0v) is 40.8. The summed E-state index contributed by atoms with van der Waals surface area (Å²) in [4.78, 5) is 36.4. The molecule has 2 amide bonds. The summed E-state index contributed by atoms with van der Waals surface area (Å²) >= 11 is 11.9. The first-order chi connectivity index (χ1) is 33.4. The van der Waals surface area contributed by atoms with Gasteiger partial charge in [0.25, 0.3) is 0 Å². The van der Waals surface area contributed by atoms with Crippen LogP contribution in [-0.2, 0) is 4.74 Å². The van der Waals surface area contributed by atoms with Gasteiger partial charge in [-0.3, -0.25) is 0 Å². The van der Waals surface area contributed by atoms with E-state index >= 15 is 0 Å². The predicted molar refractivity (Wildman–Crippen MR) is 264 cm³/mol. The molecule has 0 bridgehead atoms. The zero-order valence-electron chi connectivity index (χ0n) is 39.3. The predicted octanol–water partition coefficient (Wildman–Crippen LogP) is 10.7. The first-order valence-electron chi connectivity index (χ1n) is 23.1. The van der Waals surface area contributed by atoms with Crippen LogP contribution in [-0.4, -0.2) is 127 Å². The minimum Gasteiger partial charge on any atom is -0.493 e. The molecule has 3 heterocycles. The minimum absolute atomic E-state index is 0.0126. The van der Waals surface area contributed by atoms with Crippen molar-refractivity contribution in [3.63, 3.8) is 0 Å². The Kier molecular flexibility index (Phi) is 16.2. The number of hydrogen-bond donors (Lipinski definition) is 2. The Balaban J connectivity index is 0.000000190. The largest absolute Gasteiger partial charge is 0.493 e. The fraction of sp³-hybridized carbons (Fsp3) is 0.420. The number of fused-ring (bicyclic) bond motifs is 2. The van der Waals surface area contributed by atoms with Crippen LogP contribution in [0, 0.1) is 11.6 Å². The first-order valence-corrected chi connectivity index (χ1v) is 23.8. The minimum atomic E-state index is -0.489. The lowest BCUT2D eigenvalue weighted by Crippen LogP contribution is -2.51. The number of morpholine rings is 1. The van der Waals surface area contributed by atoms with Crippen molar-refractivity contribution < 1.29 is 37.3 Å². The molecule has 6 aromatic rings. The number of methoxy groups -OCH3 is 2. The van der Waals surface area contributed by atoms with Crippen molar-refractivity contribution in [1.29, 1.82) is 0 Å². The molecule has 4 aromatic carbocycles. The van der Waals surface area contributed by atoms with E-state index < -0.39 is 11.6 Å². The van der Waals surface area contributed by atoms with Gasteiger partial charge in [-0.25, -0.2) is 33.5 Å². The molecular formula is C50H57Cl2F2N9O6. The number of amides is 2. The Morgan fingerprint density at radius 2 is 1.09 bits per heavy atom. The Labute approximate surface area is 410 Å². The highest BCUT2D eigenvalue weighted by Crippen LogP contribution is 2.39. The summed E-state index contributed by atoms with van der Waals surface area (Å²) in [6, 6.07) is 17.1. The van der Waals surface area contributed by atoms with E-state index in [-0.39, 0.29) is 34.3 Å². The van der Waals surface area contributed by atoms with Crippen molar-refractivity contribution in [3.05, 3.63) is 95.0 Å². The molecule has 0 atom stereocenters. The number of urea groups is 1. The highest BCUT2D eigenvalue weighted by molar-refractivity contribution is 6.31. The van der Waals surface area contributed by atoms with Crippen molar-refractivity contribution in [2.75, 3.05) is 72.3 Å². The van der Waals surface area contributed by atoms with Crippen LogP contribution in [0.2, 0.25) is 10.0 Å². The van der Waals surface area contributed by atoms with E-state index in [1.54, 1.807) is 26.4 Å². The zero-order chi connectivity index (χ0) is 48.6. The van der Waals surface area contributed by atoms with E-state index in [2.05, 4.69) is 49.6 Å². The van der Waals surface area contributed by atoms with Gasteiger partial charge in [0.2, 0.25) is 0 Å². The lowest BCUT2D eigenvalue weighted by atomic mass is 9.92. The van der Waals surface area contributed by atoms with Gasteiger partial charge in [0.1, 0.15) is 35.9 Å². The van der Waals surface area contributed by atoms with Gasteiger partial charge >= 0.3 is 6.03 Å². The molecule has 1 aliphatic heterocycles. The summed E-state index contributed by atoms with van der Waals surface area (Å²) in [7, 11) is 9.36. The fourth-order valence-electron chi connectivity index (χ4n) is 8.97. The molecule has 0 unspecified atom stereocenters. The summed E-state index contributed by atoms with van der Waals surface area (Å²) in [5.74, 6) is 2.63. The molecule has 1 saturated heterocycles. The average Bonchev–Trinajstić information content (AvgIpc) is 3.36. The number of ether oxygens (including phenoxy) is 5. The van der Waals surface area contributed by atoms with Crippen molar-refractivity contribution >= 4 is 74.0 Å². The van der Waals surface area contributed by atoms with E-state index in [9.17, 15) is 13.6 Å². The number of carbonyl (C=O) groups excluding carboxylic acids is 1. The molecule has 3 aliphatic rings. The number of nitrogens with zero attached hydrogens (tertiary/aromatic N) is 7. The third-order valence-corrected chi connectivity index (χ3v) is 13.5. The number of nitrogens with one attached hydrogen (secondary N) is 2. The quantitative estimate of drug-likeness (QED) is 0.120. The van der Waals surface area contributed by atoms with E-state index in [1.807, 2.05) is 41.1 Å². The van der Waals surface area contributed by atoms with Crippen LogP contribution in [0.3, 0.4) is 0 Å². The monoisotopic (exact) mass is 987 g/mol. The maximum atomic E-state index is 13.6. The van der Waals surface area contributed by atoms with E-state index in [4.69, 9.17) is 46.9 Å². The number of anilines is 4. The topological polar surface area (TPSA) is 149 Å². The van der Waals surface area contributed by atoms with Gasteiger partial charge in [-0.2, -0.15) is 0 Å². The second-order valence-electron chi connectivity index (χ2n) is 17.5. The molecule has 2 aromatic heterocycles. The SMILES string of the molecule is COc1cc2ncnc(Nc3ccc(F)c(Cl)c3)c2cc1OC1CCC(N(C)C(=O)N2CCOCC2)CC1.COc1cc2ncnc(Nc3ccc(F)c(Cl)c3)c2cc1OC1CCC(N(C)C)CC1. The Morgan fingerprint density at radius 3 is 1.51 bits per heavy atom. The van der Waals surface area contributed by atoms with Crippen LogP contribution >= 0.6 is 23.2 Å². The van der Waals surface area contributed by atoms with Gasteiger partial charge in [0, 0.05) is 66.5 Å². The van der Waals surface area contributed by atoms with Gasteiger partial charge in [0.15, 0.2) is 23.0 Å². The van der Waals surface area contributed by atoms with Gasteiger partial charge in [-0.1, -0.05) is 23.2 Å². The molecule has 69 heavy (non-hydrogen) atoms. The van der Waals surface area contributed by atoms with Gasteiger partial charge in [-0.15, -0.1) is 0 Å². The van der Waals surface area contributed by atoms with Crippen LogP contribution in [0.15, 0.2) is 73.3 Å². The fourth-order valence-corrected chi connectivity index (χ4v) is 9.34. The van der Waals surface area contributed by atoms with Crippen LogP contribution in [0.1, 0.15) is 51.4 Å². The normalized spacial score (nSPS) is 19.4. The Morgan fingerprint density at radius 1 is 0.638 bits per heavy atom. The molecule has 2 aliphatic carbocycles. The Hall–Kier alpha value is -6.01.